The number of aliphatic carboxylic acids is 2. The van der Waals surface area contributed by atoms with Crippen LogP contribution in [-0.4, -0.2) is 22.2 Å². The zero-order valence-corrected chi connectivity index (χ0v) is 31.6. The Balaban J connectivity index is 3.11. The Morgan fingerprint density at radius 1 is 0.250 bits per heavy atom. The number of carbonyl (C=O) groups is 2. The molecule has 280 valence electrons. The molecule has 0 bridgehead atoms. The highest BCUT2D eigenvalue weighted by Crippen LogP contribution is 2.17. The molecule has 0 aliphatic carbocycles. The summed E-state index contributed by atoms with van der Waals surface area (Å²) in [6.07, 6.45) is 59.1. The number of allylic oxidation sites excluding steroid dienone is 4. The van der Waals surface area contributed by atoms with Crippen LogP contribution in [0.4, 0.5) is 0 Å². The molecule has 0 saturated heterocycles. The first-order chi connectivity index (χ1) is 23.6. The summed E-state index contributed by atoms with van der Waals surface area (Å²) in [7, 11) is 0. The third-order valence-corrected chi connectivity index (χ3v) is 9.67. The summed E-state index contributed by atoms with van der Waals surface area (Å²) >= 11 is 0. The van der Waals surface area contributed by atoms with Gasteiger partial charge in [-0.05, 0) is 51.4 Å². The van der Waals surface area contributed by atoms with Crippen molar-refractivity contribution < 1.29 is 19.8 Å². The van der Waals surface area contributed by atoms with Gasteiger partial charge in [-0.1, -0.05) is 204 Å². The summed E-state index contributed by atoms with van der Waals surface area (Å²) in [5.74, 6) is -1.67. The topological polar surface area (TPSA) is 74.6 Å². The predicted molar refractivity (Wildman–Crippen MR) is 209 cm³/mol. The second kappa shape index (κ2) is 41.3. The van der Waals surface area contributed by atoms with Crippen LogP contribution in [0.25, 0.3) is 0 Å². The van der Waals surface area contributed by atoms with Gasteiger partial charge in [-0.15, -0.1) is 0 Å². The molecule has 0 aromatic heterocycles. The van der Waals surface area contributed by atoms with Crippen molar-refractivity contribution in [3.63, 3.8) is 0 Å². The van der Waals surface area contributed by atoms with Gasteiger partial charge < -0.3 is 10.2 Å². The molecule has 0 aromatic rings. The summed E-state index contributed by atoms with van der Waals surface area (Å²) < 4.78 is 0. The van der Waals surface area contributed by atoms with Crippen molar-refractivity contribution in [2.75, 3.05) is 0 Å². The van der Waals surface area contributed by atoms with Crippen LogP contribution in [0.3, 0.4) is 0 Å². The Morgan fingerprint density at radius 2 is 0.396 bits per heavy atom. The van der Waals surface area contributed by atoms with Gasteiger partial charge in [-0.3, -0.25) is 0 Å². The highest BCUT2D eigenvalue weighted by Gasteiger charge is 1.97. The van der Waals surface area contributed by atoms with E-state index in [0.29, 0.717) is 0 Å². The molecular formula is C44H80O4. The van der Waals surface area contributed by atoms with Crippen LogP contribution >= 0.6 is 0 Å². The van der Waals surface area contributed by atoms with Crippen LogP contribution < -0.4 is 0 Å². The molecule has 0 amide bonds. The fraction of sp³-hybridized carbons (Fsp3) is 0.818. The summed E-state index contributed by atoms with van der Waals surface area (Å²) in [4.78, 5) is 20.8. The van der Waals surface area contributed by atoms with E-state index in [1.54, 1.807) is 12.2 Å². The average Bonchev–Trinajstić information content (AvgIpc) is 3.06. The van der Waals surface area contributed by atoms with Gasteiger partial charge in [0.2, 0.25) is 0 Å². The van der Waals surface area contributed by atoms with Crippen LogP contribution in [0.2, 0.25) is 0 Å². The second-order valence-electron chi connectivity index (χ2n) is 14.4. The maximum absolute atomic E-state index is 10.4. The molecule has 0 heterocycles. The van der Waals surface area contributed by atoms with Crippen LogP contribution in [0.1, 0.15) is 231 Å². The Kier molecular flexibility index (Phi) is 39.7. The number of hydrogen-bond acceptors (Lipinski definition) is 2. The second-order valence-corrected chi connectivity index (χ2v) is 14.4. The SMILES string of the molecule is O=C(O)C=CCCCCCCC=CCCCCCCCCCCCCCCCCCCCCCCCCCCCCCCC=CC(=O)O. The van der Waals surface area contributed by atoms with Gasteiger partial charge in [0.15, 0.2) is 0 Å². The van der Waals surface area contributed by atoms with Crippen LogP contribution in [0.15, 0.2) is 36.5 Å². The van der Waals surface area contributed by atoms with E-state index < -0.39 is 11.9 Å². The van der Waals surface area contributed by atoms with Crippen molar-refractivity contribution in [2.45, 2.75) is 231 Å². The standard InChI is InChI=1S/C44H80O4/c45-43(46)41-39-37-35-33-31-29-27-25-23-21-19-17-15-13-11-9-7-5-3-1-2-4-6-8-10-12-14-16-18-20-22-24-26-28-30-32-34-36-38-40-42-44(47)48/h23,25,39-42H,1-22,24,26-38H2,(H,45,46)(H,47,48). The lowest BCUT2D eigenvalue weighted by Crippen LogP contribution is -1.86. The van der Waals surface area contributed by atoms with Crippen LogP contribution in [0, 0.1) is 0 Å². The third kappa shape index (κ3) is 44.2. The van der Waals surface area contributed by atoms with E-state index in [9.17, 15) is 9.59 Å². The number of unbranched alkanes of at least 4 members (excludes halogenated alkanes) is 34. The van der Waals surface area contributed by atoms with Gasteiger partial charge in [0.25, 0.3) is 0 Å². The van der Waals surface area contributed by atoms with E-state index in [1.807, 2.05) is 0 Å². The number of carboxylic acid groups (broad SMARTS) is 2. The Morgan fingerprint density at radius 3 is 0.562 bits per heavy atom. The molecule has 0 rings (SSSR count). The summed E-state index contributed by atoms with van der Waals surface area (Å²) in [6, 6.07) is 0. The lowest BCUT2D eigenvalue weighted by molar-refractivity contribution is -0.132. The Bertz CT molecular complexity index is 753. The molecule has 0 radical (unpaired) electrons. The van der Waals surface area contributed by atoms with E-state index >= 15 is 0 Å². The van der Waals surface area contributed by atoms with Crippen molar-refractivity contribution in [1.82, 2.24) is 0 Å². The zero-order chi connectivity index (χ0) is 34.9. The van der Waals surface area contributed by atoms with E-state index in [0.717, 1.165) is 25.7 Å². The van der Waals surface area contributed by atoms with Gasteiger partial charge >= 0.3 is 11.9 Å². The van der Waals surface area contributed by atoms with Crippen molar-refractivity contribution in [3.05, 3.63) is 36.5 Å². The lowest BCUT2D eigenvalue weighted by Gasteiger charge is -2.04. The van der Waals surface area contributed by atoms with Gasteiger partial charge in [-0.2, -0.15) is 0 Å². The molecule has 4 heteroatoms. The van der Waals surface area contributed by atoms with Gasteiger partial charge in [-0.25, -0.2) is 9.59 Å². The van der Waals surface area contributed by atoms with E-state index in [1.165, 1.54) is 218 Å². The molecule has 48 heavy (non-hydrogen) atoms. The highest BCUT2D eigenvalue weighted by molar-refractivity contribution is 5.79. The first kappa shape index (κ1) is 46.2. The highest BCUT2D eigenvalue weighted by atomic mass is 16.4. The molecule has 0 saturated carbocycles. The van der Waals surface area contributed by atoms with E-state index in [-0.39, 0.29) is 0 Å². The minimum Gasteiger partial charge on any atom is -0.478 e. The van der Waals surface area contributed by atoms with Crippen molar-refractivity contribution >= 4 is 11.9 Å². The van der Waals surface area contributed by atoms with Gasteiger partial charge in [0, 0.05) is 12.2 Å². The van der Waals surface area contributed by atoms with E-state index in [4.69, 9.17) is 10.2 Å². The first-order valence-corrected chi connectivity index (χ1v) is 21.1. The number of hydrogen-bond donors (Lipinski definition) is 2. The quantitative estimate of drug-likeness (QED) is 0.0386. The van der Waals surface area contributed by atoms with Crippen LogP contribution in [0.5, 0.6) is 0 Å². The van der Waals surface area contributed by atoms with E-state index in [2.05, 4.69) is 12.2 Å². The Hall–Kier alpha value is -1.84. The normalized spacial score (nSPS) is 11.9. The maximum atomic E-state index is 10.4. The maximum Gasteiger partial charge on any atom is 0.327 e. The molecule has 0 aliphatic rings. The van der Waals surface area contributed by atoms with Crippen molar-refractivity contribution in [3.8, 4) is 0 Å². The third-order valence-electron chi connectivity index (χ3n) is 9.67. The molecule has 0 spiro atoms. The minimum absolute atomic E-state index is 0.833. The fourth-order valence-corrected chi connectivity index (χ4v) is 6.60. The first-order valence-electron chi connectivity index (χ1n) is 21.1. The summed E-state index contributed by atoms with van der Waals surface area (Å²) in [5.41, 5.74) is 0. The largest absolute Gasteiger partial charge is 0.478 e. The average molecular weight is 673 g/mol. The van der Waals surface area contributed by atoms with Gasteiger partial charge in [0.05, 0.1) is 0 Å². The van der Waals surface area contributed by atoms with Crippen molar-refractivity contribution in [1.29, 1.82) is 0 Å². The molecule has 2 N–H and O–H groups in total. The fourth-order valence-electron chi connectivity index (χ4n) is 6.60. The smallest absolute Gasteiger partial charge is 0.327 e. The van der Waals surface area contributed by atoms with Crippen molar-refractivity contribution in [2.24, 2.45) is 0 Å². The molecule has 0 unspecified atom stereocenters. The van der Waals surface area contributed by atoms with Crippen LogP contribution in [-0.2, 0) is 9.59 Å². The number of rotatable bonds is 40. The summed E-state index contributed by atoms with van der Waals surface area (Å²) in [6.45, 7) is 0. The van der Waals surface area contributed by atoms with Gasteiger partial charge in [0.1, 0.15) is 0 Å². The molecule has 0 aliphatic heterocycles. The molecule has 0 aromatic carbocycles. The summed E-state index contributed by atoms with van der Waals surface area (Å²) in [5, 5.41) is 17.1. The lowest BCUT2D eigenvalue weighted by atomic mass is 10.0. The molecule has 0 fully saturated rings. The monoisotopic (exact) mass is 673 g/mol. The number of carboxylic acids is 2. The Labute approximate surface area is 298 Å². The molecular weight excluding hydrogens is 592 g/mol. The zero-order valence-electron chi connectivity index (χ0n) is 31.6. The minimum atomic E-state index is -0.841. The molecule has 0 atom stereocenters. The molecule has 4 nitrogen and oxygen atoms in total. The predicted octanol–water partition coefficient (Wildman–Crippen LogP) is 14.9.